The van der Waals surface area contributed by atoms with Crippen molar-refractivity contribution in [1.82, 2.24) is 5.06 Å². The van der Waals surface area contributed by atoms with Gasteiger partial charge in [-0.15, -0.1) is 0 Å². The summed E-state index contributed by atoms with van der Waals surface area (Å²) in [6.45, 7) is 13.8. The molecule has 1 atom stereocenters. The molecule has 0 unspecified atom stereocenters. The predicted octanol–water partition coefficient (Wildman–Crippen LogP) is 3.37. The third kappa shape index (κ3) is 2.95. The van der Waals surface area contributed by atoms with E-state index in [0.29, 0.717) is 6.61 Å². The Labute approximate surface area is 117 Å². The predicted molar refractivity (Wildman–Crippen MR) is 76.9 cm³/mol. The summed E-state index contributed by atoms with van der Waals surface area (Å²) in [4.78, 5) is 11.6. The molecule has 0 radical (unpaired) electrons. The van der Waals surface area contributed by atoms with Gasteiger partial charge >= 0.3 is 0 Å². The number of rotatable bonds is 3. The minimum absolute atomic E-state index is 0.000950. The zero-order valence-electron chi connectivity index (χ0n) is 13.2. The van der Waals surface area contributed by atoms with Crippen molar-refractivity contribution in [3.8, 4) is 0 Å². The lowest BCUT2D eigenvalue weighted by molar-refractivity contribution is -0.293. The molecule has 0 aromatic rings. The monoisotopic (exact) mass is 268 g/mol. The van der Waals surface area contributed by atoms with Crippen molar-refractivity contribution < 1.29 is 9.68 Å². The highest BCUT2D eigenvalue weighted by atomic mass is 16.7. The number of hydrogen-bond acceptors (Lipinski definition) is 4. The number of hydrogen-bond donors (Lipinski definition) is 0. The van der Waals surface area contributed by atoms with Crippen LogP contribution in [0.2, 0.25) is 0 Å². The second-order valence-electron chi connectivity index (χ2n) is 7.72. The molecule has 0 bridgehead atoms. The number of piperidine rings is 1. The van der Waals surface area contributed by atoms with Crippen LogP contribution in [0.3, 0.4) is 0 Å². The Balaban J connectivity index is 2.01. The first-order valence-electron chi connectivity index (χ1n) is 7.29. The van der Waals surface area contributed by atoms with Gasteiger partial charge in [0.25, 0.3) is 0 Å². The quantitative estimate of drug-likeness (QED) is 0.787. The van der Waals surface area contributed by atoms with E-state index in [4.69, 9.17) is 9.68 Å². The topological polar surface area (TPSA) is 34.1 Å². The maximum Gasteiger partial charge on any atom is 0.162 e. The van der Waals surface area contributed by atoms with Gasteiger partial charge in [-0.2, -0.15) is 5.06 Å². The Hall–Kier alpha value is -0.610. The minimum Gasteiger partial charge on any atom is -0.389 e. The Bertz CT molecular complexity index is 345. The zero-order chi connectivity index (χ0) is 14.3. The summed E-state index contributed by atoms with van der Waals surface area (Å²) >= 11 is 0. The molecule has 2 aliphatic rings. The third-order valence-electron chi connectivity index (χ3n) is 4.44. The summed E-state index contributed by atoms with van der Waals surface area (Å²) < 4.78 is 0. The largest absolute Gasteiger partial charge is 0.389 e. The standard InChI is InChI=1S/C15H28N2O2/c1-13(2)11-16-19-12(13)10-18-17-14(3,4)8-7-9-15(17,5)6/h11-12H,7-10H2,1-6H3/t12-/m0/s1. The van der Waals surface area contributed by atoms with E-state index >= 15 is 0 Å². The average molecular weight is 268 g/mol. The molecule has 0 aromatic heterocycles. The highest BCUT2D eigenvalue weighted by Crippen LogP contribution is 2.39. The van der Waals surface area contributed by atoms with Crippen LogP contribution < -0.4 is 0 Å². The summed E-state index contributed by atoms with van der Waals surface area (Å²) in [5.41, 5.74) is 0.0980. The van der Waals surface area contributed by atoms with Crippen molar-refractivity contribution >= 4 is 6.21 Å². The first kappa shape index (κ1) is 14.8. The molecule has 19 heavy (non-hydrogen) atoms. The summed E-state index contributed by atoms with van der Waals surface area (Å²) in [5, 5.41) is 6.11. The van der Waals surface area contributed by atoms with Crippen LogP contribution in [0.15, 0.2) is 5.16 Å². The van der Waals surface area contributed by atoms with E-state index < -0.39 is 0 Å². The lowest BCUT2D eigenvalue weighted by Gasteiger charge is -2.51. The van der Waals surface area contributed by atoms with Crippen molar-refractivity contribution in [3.63, 3.8) is 0 Å². The van der Waals surface area contributed by atoms with Gasteiger partial charge in [-0.1, -0.05) is 19.0 Å². The molecule has 110 valence electrons. The summed E-state index contributed by atoms with van der Waals surface area (Å²) in [6.07, 6.45) is 5.46. The summed E-state index contributed by atoms with van der Waals surface area (Å²) in [6, 6.07) is 0. The lowest BCUT2D eigenvalue weighted by Crippen LogP contribution is -2.59. The highest BCUT2D eigenvalue weighted by Gasteiger charge is 2.44. The number of nitrogens with zero attached hydrogens (tertiary/aromatic N) is 2. The smallest absolute Gasteiger partial charge is 0.162 e. The molecule has 0 saturated carbocycles. The minimum atomic E-state index is -0.0515. The van der Waals surface area contributed by atoms with E-state index in [1.807, 2.05) is 6.21 Å². The van der Waals surface area contributed by atoms with Crippen LogP contribution >= 0.6 is 0 Å². The number of hydroxylamine groups is 2. The van der Waals surface area contributed by atoms with Crippen LogP contribution in [0.25, 0.3) is 0 Å². The highest BCUT2D eigenvalue weighted by molar-refractivity contribution is 5.66. The van der Waals surface area contributed by atoms with Crippen LogP contribution in [-0.4, -0.2) is 35.1 Å². The van der Waals surface area contributed by atoms with Crippen molar-refractivity contribution in [2.24, 2.45) is 10.6 Å². The Morgan fingerprint density at radius 2 is 1.74 bits per heavy atom. The van der Waals surface area contributed by atoms with Gasteiger partial charge in [0.05, 0.1) is 6.21 Å². The molecule has 2 heterocycles. The molecular weight excluding hydrogens is 240 g/mol. The molecule has 0 aliphatic carbocycles. The van der Waals surface area contributed by atoms with E-state index in [0.717, 1.165) is 0 Å². The molecule has 1 fully saturated rings. The lowest BCUT2D eigenvalue weighted by atomic mass is 9.82. The van der Waals surface area contributed by atoms with E-state index in [2.05, 4.69) is 51.8 Å². The van der Waals surface area contributed by atoms with Crippen molar-refractivity contribution in [1.29, 1.82) is 0 Å². The van der Waals surface area contributed by atoms with E-state index in [9.17, 15) is 0 Å². The van der Waals surface area contributed by atoms with Crippen LogP contribution in [0.1, 0.15) is 60.8 Å². The Morgan fingerprint density at radius 3 is 2.21 bits per heavy atom. The molecule has 4 nitrogen and oxygen atoms in total. The SMILES string of the molecule is CC1(C)C=NO[C@H]1CON1C(C)(C)CCCC1(C)C. The molecule has 1 saturated heterocycles. The molecule has 4 heteroatoms. The Morgan fingerprint density at radius 1 is 1.16 bits per heavy atom. The fraction of sp³-hybridized carbons (Fsp3) is 0.933. The van der Waals surface area contributed by atoms with E-state index in [1.54, 1.807) is 0 Å². The van der Waals surface area contributed by atoms with E-state index in [-0.39, 0.29) is 22.6 Å². The second kappa shape index (κ2) is 4.74. The van der Waals surface area contributed by atoms with Gasteiger partial charge in [0.1, 0.15) is 6.61 Å². The average Bonchev–Trinajstić information content (AvgIpc) is 2.55. The van der Waals surface area contributed by atoms with Crippen LogP contribution in [0, 0.1) is 5.41 Å². The molecule has 0 aromatic carbocycles. The normalized spacial score (nSPS) is 32.2. The number of oxime groups is 1. The van der Waals surface area contributed by atoms with Crippen LogP contribution in [0.4, 0.5) is 0 Å². The maximum absolute atomic E-state index is 6.16. The second-order valence-corrected chi connectivity index (χ2v) is 7.72. The van der Waals surface area contributed by atoms with Crippen LogP contribution in [0.5, 0.6) is 0 Å². The Kier molecular flexibility index (Phi) is 3.69. The van der Waals surface area contributed by atoms with Crippen molar-refractivity contribution in [2.75, 3.05) is 6.61 Å². The van der Waals surface area contributed by atoms with Gasteiger partial charge in [0.2, 0.25) is 0 Å². The molecular formula is C15H28N2O2. The van der Waals surface area contributed by atoms with Crippen molar-refractivity contribution in [3.05, 3.63) is 0 Å². The first-order valence-corrected chi connectivity index (χ1v) is 7.29. The molecule has 0 N–H and O–H groups in total. The van der Waals surface area contributed by atoms with Gasteiger partial charge < -0.3 is 4.84 Å². The van der Waals surface area contributed by atoms with Crippen molar-refractivity contribution in [2.45, 2.75) is 78.0 Å². The molecule has 0 spiro atoms. The zero-order valence-corrected chi connectivity index (χ0v) is 13.2. The van der Waals surface area contributed by atoms with Gasteiger partial charge in [-0.25, -0.2) is 0 Å². The summed E-state index contributed by atoms with van der Waals surface area (Å²) in [5.74, 6) is 0. The summed E-state index contributed by atoms with van der Waals surface area (Å²) in [7, 11) is 0. The first-order chi connectivity index (χ1) is 8.65. The molecule has 2 rings (SSSR count). The van der Waals surface area contributed by atoms with Gasteiger partial charge in [0.15, 0.2) is 6.10 Å². The fourth-order valence-corrected chi connectivity index (χ4v) is 3.17. The van der Waals surface area contributed by atoms with E-state index in [1.165, 1.54) is 19.3 Å². The van der Waals surface area contributed by atoms with Gasteiger partial charge in [-0.05, 0) is 47.0 Å². The van der Waals surface area contributed by atoms with Gasteiger partial charge in [0, 0.05) is 16.5 Å². The van der Waals surface area contributed by atoms with Gasteiger partial charge in [-0.3, -0.25) is 4.84 Å². The maximum atomic E-state index is 6.16. The van der Waals surface area contributed by atoms with Crippen LogP contribution in [-0.2, 0) is 9.68 Å². The third-order valence-corrected chi connectivity index (χ3v) is 4.44. The fourth-order valence-electron chi connectivity index (χ4n) is 3.17. The molecule has 0 amide bonds. The molecule has 2 aliphatic heterocycles.